The van der Waals surface area contributed by atoms with Gasteiger partial charge in [-0.1, -0.05) is 0 Å². The number of aliphatic hydroxyl groups excluding tert-OH is 1. The molecule has 6 nitrogen and oxygen atoms in total. The second kappa shape index (κ2) is 7.03. The highest BCUT2D eigenvalue weighted by atomic mass is 16.6. The maximum Gasteiger partial charge on any atom is 0.330 e. The number of hydrogen-bond acceptors (Lipinski definition) is 6. The first-order valence-corrected chi connectivity index (χ1v) is 7.21. The monoisotopic (exact) mass is 295 g/mol. The lowest BCUT2D eigenvalue weighted by Crippen LogP contribution is -2.51. The van der Waals surface area contributed by atoms with Gasteiger partial charge in [0.2, 0.25) is 0 Å². The second-order valence-electron chi connectivity index (χ2n) is 5.49. The number of esters is 1. The topological polar surface area (TPSA) is 88.8 Å². The van der Waals surface area contributed by atoms with Gasteiger partial charge in [0.25, 0.3) is 0 Å². The van der Waals surface area contributed by atoms with E-state index in [4.69, 9.17) is 14.7 Å². The molecule has 0 aromatic heterocycles. The van der Waals surface area contributed by atoms with Gasteiger partial charge in [0.05, 0.1) is 38.1 Å². The minimum atomic E-state index is -0.719. The number of rotatable bonds is 5. The van der Waals surface area contributed by atoms with Crippen LogP contribution in [0, 0.1) is 11.3 Å². The molecule has 1 N–H and O–H groups in total. The first-order chi connectivity index (χ1) is 10.1. The molecule has 0 aliphatic carbocycles. The average molecular weight is 295 g/mol. The Bertz CT molecular complexity index is 444. The minimum absolute atomic E-state index is 0.0139. The molecular formula is C15H21NO5. The lowest BCUT2D eigenvalue weighted by Gasteiger charge is -2.40. The average Bonchev–Trinajstić information content (AvgIpc) is 2.88. The zero-order valence-corrected chi connectivity index (χ0v) is 12.2. The van der Waals surface area contributed by atoms with Gasteiger partial charge in [-0.25, -0.2) is 4.79 Å². The molecule has 2 aliphatic heterocycles. The van der Waals surface area contributed by atoms with Gasteiger partial charge in [-0.3, -0.25) is 0 Å². The number of ether oxygens (including phenoxy) is 3. The molecule has 4 atom stereocenters. The van der Waals surface area contributed by atoms with Gasteiger partial charge in [-0.2, -0.15) is 5.26 Å². The largest absolute Gasteiger partial charge is 0.466 e. The van der Waals surface area contributed by atoms with Crippen LogP contribution in [-0.4, -0.2) is 48.7 Å². The predicted octanol–water partition coefficient (Wildman–Crippen LogP) is 1.09. The maximum absolute atomic E-state index is 11.1. The van der Waals surface area contributed by atoms with Crippen LogP contribution < -0.4 is 0 Å². The van der Waals surface area contributed by atoms with E-state index in [1.165, 1.54) is 13.2 Å². The van der Waals surface area contributed by atoms with Crippen LogP contribution in [0.2, 0.25) is 0 Å². The molecule has 116 valence electrons. The Kier molecular flexibility index (Phi) is 5.34. The first-order valence-electron chi connectivity index (χ1n) is 7.21. The molecule has 0 saturated carbocycles. The van der Waals surface area contributed by atoms with E-state index in [1.54, 1.807) is 6.08 Å². The summed E-state index contributed by atoms with van der Waals surface area (Å²) in [5.74, 6) is -0.431. The summed E-state index contributed by atoms with van der Waals surface area (Å²) in [4.78, 5) is 11.1. The van der Waals surface area contributed by atoms with Crippen molar-refractivity contribution in [2.45, 2.75) is 56.0 Å². The number of nitriles is 1. The van der Waals surface area contributed by atoms with Crippen molar-refractivity contribution in [3.05, 3.63) is 12.2 Å². The standard InChI is InChI=1S/C15H21NO5/c1-19-14(18)7-5-12-9-15(10-17)13(20-12)6-4-11(21-15)3-2-8-16/h5,7,11-13,17H,2-4,6,9-10H2,1H3/t11-,12-,13-,15?/m0/s1. The predicted molar refractivity (Wildman–Crippen MR) is 73.2 cm³/mol. The highest BCUT2D eigenvalue weighted by molar-refractivity contribution is 5.81. The Morgan fingerprint density at radius 1 is 1.57 bits per heavy atom. The molecule has 2 heterocycles. The van der Waals surface area contributed by atoms with E-state index in [2.05, 4.69) is 10.8 Å². The van der Waals surface area contributed by atoms with Crippen molar-refractivity contribution < 1.29 is 24.1 Å². The van der Waals surface area contributed by atoms with Crippen LogP contribution in [0.5, 0.6) is 0 Å². The number of carbonyl (C=O) groups is 1. The SMILES string of the molecule is COC(=O)C=C[C@H]1CC2(CO)O[C@@H](CCC#N)CC[C@@H]2O1. The van der Waals surface area contributed by atoms with Gasteiger partial charge in [0.1, 0.15) is 5.60 Å². The maximum atomic E-state index is 11.1. The van der Waals surface area contributed by atoms with Gasteiger partial charge < -0.3 is 19.3 Å². The van der Waals surface area contributed by atoms with Gasteiger partial charge in [-0.05, 0) is 25.3 Å². The summed E-state index contributed by atoms with van der Waals surface area (Å²) in [5, 5.41) is 18.4. The zero-order chi connectivity index (χ0) is 15.3. The summed E-state index contributed by atoms with van der Waals surface area (Å²) in [6, 6.07) is 2.12. The molecule has 0 aromatic carbocycles. The van der Waals surface area contributed by atoms with Crippen LogP contribution in [0.15, 0.2) is 12.2 Å². The van der Waals surface area contributed by atoms with E-state index in [0.717, 1.165) is 12.8 Å². The molecule has 0 bridgehead atoms. The summed E-state index contributed by atoms with van der Waals surface area (Å²) in [6.07, 6.45) is 5.77. The fraction of sp³-hybridized carbons (Fsp3) is 0.733. The molecule has 0 radical (unpaired) electrons. The van der Waals surface area contributed by atoms with E-state index < -0.39 is 11.6 Å². The van der Waals surface area contributed by atoms with Crippen molar-refractivity contribution in [3.8, 4) is 6.07 Å². The van der Waals surface area contributed by atoms with Gasteiger partial charge in [-0.15, -0.1) is 0 Å². The quantitative estimate of drug-likeness (QED) is 0.603. The van der Waals surface area contributed by atoms with Crippen molar-refractivity contribution in [1.29, 1.82) is 5.26 Å². The number of carbonyl (C=O) groups excluding carboxylic acids is 1. The lowest BCUT2D eigenvalue weighted by atomic mass is 9.86. The molecule has 0 amide bonds. The smallest absolute Gasteiger partial charge is 0.330 e. The second-order valence-corrected chi connectivity index (χ2v) is 5.49. The molecule has 2 fully saturated rings. The molecule has 2 rings (SSSR count). The molecule has 0 aromatic rings. The molecule has 1 unspecified atom stereocenters. The van der Waals surface area contributed by atoms with Crippen LogP contribution in [-0.2, 0) is 19.0 Å². The van der Waals surface area contributed by atoms with Gasteiger partial charge in [0, 0.05) is 18.9 Å². The molecule has 0 spiro atoms. The van der Waals surface area contributed by atoms with Crippen molar-refractivity contribution in [1.82, 2.24) is 0 Å². The minimum Gasteiger partial charge on any atom is -0.466 e. The lowest BCUT2D eigenvalue weighted by molar-refractivity contribution is -0.182. The Balaban J connectivity index is 2.00. The molecular weight excluding hydrogens is 274 g/mol. The molecule has 6 heteroatoms. The first kappa shape index (κ1) is 16.0. The fourth-order valence-electron chi connectivity index (χ4n) is 3.04. The number of aliphatic hydroxyl groups is 1. The fourth-order valence-corrected chi connectivity index (χ4v) is 3.04. The van der Waals surface area contributed by atoms with Crippen molar-refractivity contribution in [3.63, 3.8) is 0 Å². The normalized spacial score (nSPS) is 35.4. The van der Waals surface area contributed by atoms with E-state index >= 15 is 0 Å². The Hall–Kier alpha value is -1.42. The van der Waals surface area contributed by atoms with E-state index in [-0.39, 0.29) is 24.9 Å². The van der Waals surface area contributed by atoms with Crippen molar-refractivity contribution in [2.24, 2.45) is 0 Å². The highest BCUT2D eigenvalue weighted by Crippen LogP contribution is 2.42. The Morgan fingerprint density at radius 2 is 2.38 bits per heavy atom. The van der Waals surface area contributed by atoms with E-state index in [9.17, 15) is 9.90 Å². The molecule has 2 aliphatic rings. The Morgan fingerprint density at radius 3 is 3.05 bits per heavy atom. The summed E-state index contributed by atoms with van der Waals surface area (Å²) < 4.78 is 16.4. The third-order valence-electron chi connectivity index (χ3n) is 4.12. The summed E-state index contributed by atoms with van der Waals surface area (Å²) in [6.45, 7) is -0.122. The third kappa shape index (κ3) is 3.62. The van der Waals surface area contributed by atoms with Crippen LogP contribution in [0.25, 0.3) is 0 Å². The third-order valence-corrected chi connectivity index (χ3v) is 4.12. The van der Waals surface area contributed by atoms with Crippen LogP contribution in [0.1, 0.15) is 32.1 Å². The molecule has 21 heavy (non-hydrogen) atoms. The summed E-state index contributed by atoms with van der Waals surface area (Å²) in [7, 11) is 1.32. The Labute approximate surface area is 124 Å². The van der Waals surface area contributed by atoms with Crippen LogP contribution in [0.4, 0.5) is 0 Å². The van der Waals surface area contributed by atoms with E-state index in [1.807, 2.05) is 0 Å². The number of nitrogens with zero attached hydrogens (tertiary/aromatic N) is 1. The number of fused-ring (bicyclic) bond motifs is 1. The number of hydrogen-bond donors (Lipinski definition) is 1. The van der Waals surface area contributed by atoms with Crippen molar-refractivity contribution >= 4 is 5.97 Å². The van der Waals surface area contributed by atoms with E-state index in [0.29, 0.717) is 19.3 Å². The summed E-state index contributed by atoms with van der Waals surface area (Å²) >= 11 is 0. The van der Waals surface area contributed by atoms with Gasteiger partial charge in [0.15, 0.2) is 0 Å². The highest BCUT2D eigenvalue weighted by Gasteiger charge is 2.52. The van der Waals surface area contributed by atoms with Gasteiger partial charge >= 0.3 is 5.97 Å². The number of methoxy groups -OCH3 is 1. The van der Waals surface area contributed by atoms with Crippen molar-refractivity contribution in [2.75, 3.05) is 13.7 Å². The van der Waals surface area contributed by atoms with Crippen LogP contribution >= 0.6 is 0 Å². The zero-order valence-electron chi connectivity index (χ0n) is 12.2. The van der Waals surface area contributed by atoms with Crippen LogP contribution in [0.3, 0.4) is 0 Å². The molecule has 2 saturated heterocycles. The summed E-state index contributed by atoms with van der Waals surface area (Å²) in [5.41, 5.74) is -0.719.